The van der Waals surface area contributed by atoms with Crippen LogP contribution in [0, 0.1) is 23.0 Å². The molecule has 2 aliphatic rings. The smallest absolute Gasteiger partial charge is 0.317 e. The highest BCUT2D eigenvalue weighted by Crippen LogP contribution is 2.22. The fraction of sp³-hybridized carbons (Fsp3) is 0.654. The molecule has 1 saturated heterocycles. The number of nitrogens with one attached hydrogen (secondary N) is 2. The Kier molecular flexibility index (Phi) is 9.28. The summed E-state index contributed by atoms with van der Waals surface area (Å²) in [6.45, 7) is 8.60. The Morgan fingerprint density at radius 1 is 1.17 bits per heavy atom. The van der Waals surface area contributed by atoms with Gasteiger partial charge in [-0.15, -0.1) is 0 Å². The number of hydrogen-bond donors (Lipinski definition) is 2. The summed E-state index contributed by atoms with van der Waals surface area (Å²) in [4.78, 5) is 53.6. The van der Waals surface area contributed by atoms with Gasteiger partial charge < -0.3 is 20.4 Å². The van der Waals surface area contributed by atoms with Crippen molar-refractivity contribution in [3.05, 3.63) is 39.4 Å². The van der Waals surface area contributed by atoms with Crippen LogP contribution in [0.4, 0.5) is 10.5 Å². The Morgan fingerprint density at radius 2 is 1.86 bits per heavy atom. The van der Waals surface area contributed by atoms with E-state index in [1.807, 2.05) is 20.8 Å². The molecule has 198 valence electrons. The van der Waals surface area contributed by atoms with Crippen LogP contribution in [0.3, 0.4) is 0 Å². The topological polar surface area (TPSA) is 125 Å². The zero-order chi connectivity index (χ0) is 26.4. The second-order valence-electron chi connectivity index (χ2n) is 10.2. The van der Waals surface area contributed by atoms with Gasteiger partial charge >= 0.3 is 6.03 Å². The zero-order valence-electron chi connectivity index (χ0n) is 21.8. The van der Waals surface area contributed by atoms with Crippen molar-refractivity contribution in [2.24, 2.45) is 5.92 Å². The first-order valence-electron chi connectivity index (χ1n) is 13.0. The van der Waals surface area contributed by atoms with E-state index in [1.54, 1.807) is 16.7 Å². The number of carbonyl (C=O) groups excluding carboxylic acids is 3. The summed E-state index contributed by atoms with van der Waals surface area (Å²) in [5.41, 5.74) is 0.474. The number of rotatable bonds is 7. The van der Waals surface area contributed by atoms with Gasteiger partial charge in [0.15, 0.2) is 0 Å². The minimum atomic E-state index is -0.766. The lowest BCUT2D eigenvalue weighted by molar-refractivity contribution is -0.385. The Hall–Kier alpha value is -3.17. The molecule has 0 aromatic heterocycles. The van der Waals surface area contributed by atoms with Gasteiger partial charge in [0.1, 0.15) is 6.04 Å². The number of carbonyl (C=O) groups is 3. The number of nitro benzene ring substituents is 1. The van der Waals surface area contributed by atoms with Gasteiger partial charge in [-0.05, 0) is 38.7 Å². The van der Waals surface area contributed by atoms with Gasteiger partial charge in [0, 0.05) is 48.9 Å². The molecule has 36 heavy (non-hydrogen) atoms. The quantitative estimate of drug-likeness (QED) is 0.436. The van der Waals surface area contributed by atoms with Gasteiger partial charge in [0.25, 0.3) is 11.6 Å². The van der Waals surface area contributed by atoms with E-state index in [4.69, 9.17) is 0 Å². The van der Waals surface area contributed by atoms with Crippen LogP contribution >= 0.6 is 0 Å². The molecular formula is C26H39N5O5. The third-order valence-corrected chi connectivity index (χ3v) is 7.57. The van der Waals surface area contributed by atoms with E-state index in [0.29, 0.717) is 31.6 Å². The third-order valence-electron chi connectivity index (χ3n) is 7.57. The van der Waals surface area contributed by atoms with Crippen LogP contribution in [0.5, 0.6) is 0 Å². The maximum Gasteiger partial charge on any atom is 0.317 e. The van der Waals surface area contributed by atoms with Gasteiger partial charge in [-0.25, -0.2) is 4.79 Å². The molecule has 3 unspecified atom stereocenters. The molecule has 1 aromatic rings. The van der Waals surface area contributed by atoms with Gasteiger partial charge in [-0.3, -0.25) is 19.7 Å². The largest absolute Gasteiger partial charge is 0.340 e. The number of nitrogens with zero attached hydrogens (tertiary/aromatic N) is 3. The second-order valence-corrected chi connectivity index (χ2v) is 10.2. The molecule has 1 heterocycles. The Labute approximate surface area is 212 Å². The van der Waals surface area contributed by atoms with Crippen molar-refractivity contribution >= 4 is 23.5 Å². The molecule has 10 heteroatoms. The molecule has 3 atom stereocenters. The molecule has 1 aliphatic carbocycles. The molecule has 10 nitrogen and oxygen atoms in total. The zero-order valence-corrected chi connectivity index (χ0v) is 21.8. The summed E-state index contributed by atoms with van der Waals surface area (Å²) in [5.74, 6) is -0.849. The van der Waals surface area contributed by atoms with Crippen LogP contribution in [0.1, 0.15) is 75.2 Å². The van der Waals surface area contributed by atoms with Crippen LogP contribution in [0.15, 0.2) is 18.2 Å². The first kappa shape index (κ1) is 27.4. The summed E-state index contributed by atoms with van der Waals surface area (Å²) >= 11 is 0. The first-order valence-corrected chi connectivity index (χ1v) is 13.0. The van der Waals surface area contributed by atoms with E-state index in [9.17, 15) is 24.5 Å². The molecule has 1 aromatic carbocycles. The molecule has 3 rings (SSSR count). The van der Waals surface area contributed by atoms with Crippen LogP contribution in [-0.4, -0.2) is 70.3 Å². The van der Waals surface area contributed by atoms with E-state index >= 15 is 0 Å². The number of aryl methyl sites for hydroxylation is 1. The van der Waals surface area contributed by atoms with Crippen LogP contribution < -0.4 is 10.6 Å². The van der Waals surface area contributed by atoms with Crippen molar-refractivity contribution in [3.63, 3.8) is 0 Å². The van der Waals surface area contributed by atoms with Crippen molar-refractivity contribution in [3.8, 4) is 0 Å². The summed E-state index contributed by atoms with van der Waals surface area (Å²) in [6, 6.07) is 3.54. The molecule has 1 saturated carbocycles. The molecule has 0 radical (unpaired) electrons. The average molecular weight is 502 g/mol. The van der Waals surface area contributed by atoms with Crippen molar-refractivity contribution in [2.75, 3.05) is 19.6 Å². The fourth-order valence-corrected chi connectivity index (χ4v) is 5.02. The van der Waals surface area contributed by atoms with Crippen LogP contribution in [0.2, 0.25) is 0 Å². The van der Waals surface area contributed by atoms with E-state index in [-0.39, 0.29) is 41.2 Å². The van der Waals surface area contributed by atoms with Crippen LogP contribution in [-0.2, 0) is 4.79 Å². The highest BCUT2D eigenvalue weighted by atomic mass is 16.6. The van der Waals surface area contributed by atoms with Gasteiger partial charge in [0.2, 0.25) is 5.91 Å². The summed E-state index contributed by atoms with van der Waals surface area (Å²) in [5, 5.41) is 17.3. The van der Waals surface area contributed by atoms with Crippen molar-refractivity contribution in [2.45, 2.75) is 84.3 Å². The SMILES string of the molecule is CCC(C)C(NC(=O)c1ccc(C)c([N+](=O)[O-])c1)C(=O)N1CCN(C(=O)NC2CCCCC2)C(C)C1. The molecule has 1 aliphatic heterocycles. The summed E-state index contributed by atoms with van der Waals surface area (Å²) < 4.78 is 0. The highest BCUT2D eigenvalue weighted by Gasteiger charge is 2.36. The van der Waals surface area contributed by atoms with E-state index in [0.717, 1.165) is 25.7 Å². The minimum absolute atomic E-state index is 0.0748. The maximum atomic E-state index is 13.5. The van der Waals surface area contributed by atoms with Crippen LogP contribution in [0.25, 0.3) is 0 Å². The highest BCUT2D eigenvalue weighted by molar-refractivity contribution is 5.98. The maximum absolute atomic E-state index is 13.5. The van der Waals surface area contributed by atoms with Crippen molar-refractivity contribution in [1.82, 2.24) is 20.4 Å². The van der Waals surface area contributed by atoms with E-state index in [2.05, 4.69) is 10.6 Å². The Balaban J connectivity index is 1.65. The molecule has 0 bridgehead atoms. The summed E-state index contributed by atoms with van der Waals surface area (Å²) in [6.07, 6.45) is 6.20. The second kappa shape index (κ2) is 12.2. The Morgan fingerprint density at radius 3 is 2.47 bits per heavy atom. The first-order chi connectivity index (χ1) is 17.1. The molecule has 0 spiro atoms. The predicted molar refractivity (Wildman–Crippen MR) is 137 cm³/mol. The average Bonchev–Trinajstić information content (AvgIpc) is 2.86. The number of hydrogen-bond acceptors (Lipinski definition) is 5. The number of urea groups is 1. The third kappa shape index (κ3) is 6.53. The lowest BCUT2D eigenvalue weighted by Crippen LogP contribution is -2.61. The molecular weight excluding hydrogens is 462 g/mol. The lowest BCUT2D eigenvalue weighted by atomic mass is 9.95. The van der Waals surface area contributed by atoms with E-state index in [1.165, 1.54) is 24.6 Å². The number of piperazine rings is 1. The normalized spacial score (nSPS) is 20.4. The monoisotopic (exact) mass is 501 g/mol. The van der Waals surface area contributed by atoms with E-state index < -0.39 is 16.9 Å². The fourth-order valence-electron chi connectivity index (χ4n) is 5.02. The summed E-state index contributed by atoms with van der Waals surface area (Å²) in [7, 11) is 0. The number of benzene rings is 1. The number of amides is 4. The van der Waals surface area contributed by atoms with Gasteiger partial charge in [-0.1, -0.05) is 45.6 Å². The van der Waals surface area contributed by atoms with Gasteiger partial charge in [0.05, 0.1) is 4.92 Å². The van der Waals surface area contributed by atoms with Crippen molar-refractivity contribution < 1.29 is 19.3 Å². The van der Waals surface area contributed by atoms with Gasteiger partial charge in [-0.2, -0.15) is 0 Å². The Bertz CT molecular complexity index is 977. The predicted octanol–water partition coefficient (Wildman–Crippen LogP) is 3.62. The number of nitro groups is 1. The molecule has 4 amide bonds. The minimum Gasteiger partial charge on any atom is -0.340 e. The standard InChI is InChI=1S/C26H39N5O5/c1-5-17(2)23(28-24(32)20-12-11-18(3)22(15-20)31(35)36)25(33)29-13-14-30(19(4)16-29)26(34)27-21-9-7-6-8-10-21/h11-12,15,17,19,21,23H,5-10,13-14,16H2,1-4H3,(H,27,34)(H,28,32). The lowest BCUT2D eigenvalue weighted by Gasteiger charge is -2.42. The molecule has 2 fully saturated rings. The molecule has 2 N–H and O–H groups in total. The van der Waals surface area contributed by atoms with Crippen molar-refractivity contribution in [1.29, 1.82) is 0 Å².